The van der Waals surface area contributed by atoms with Crippen LogP contribution >= 0.6 is 11.6 Å². The molecule has 0 aliphatic heterocycles. The molecule has 0 aromatic heterocycles. The topological polar surface area (TPSA) is 72.6 Å². The number of anilines is 1. The van der Waals surface area contributed by atoms with Crippen molar-refractivity contribution in [1.29, 1.82) is 0 Å². The van der Waals surface area contributed by atoms with Crippen LogP contribution in [0.5, 0.6) is 11.5 Å². The lowest BCUT2D eigenvalue weighted by Gasteiger charge is -2.10. The van der Waals surface area contributed by atoms with Gasteiger partial charge < -0.3 is 15.6 Å². The fraction of sp³-hybridized carbons (Fsp3) is 0. The molecule has 0 unspecified atom stereocenters. The van der Waals surface area contributed by atoms with Crippen LogP contribution in [0.3, 0.4) is 0 Å². The van der Waals surface area contributed by atoms with Crippen LogP contribution in [0.4, 0.5) is 10.1 Å². The van der Waals surface area contributed by atoms with Crippen LogP contribution in [0.15, 0.2) is 36.4 Å². The molecule has 2 rings (SSSR count). The van der Waals surface area contributed by atoms with Crippen molar-refractivity contribution >= 4 is 23.3 Å². The summed E-state index contributed by atoms with van der Waals surface area (Å²) in [5, 5.41) is 8.91. The van der Waals surface area contributed by atoms with Crippen molar-refractivity contribution in [3.05, 3.63) is 52.8 Å². The summed E-state index contributed by atoms with van der Waals surface area (Å²) < 4.78 is 18.4. The molecule has 98 valence electrons. The minimum atomic E-state index is -1.15. The highest BCUT2D eigenvalue weighted by atomic mass is 35.5. The Hall–Kier alpha value is -2.27. The first-order chi connectivity index (χ1) is 8.97. The molecule has 0 saturated carbocycles. The molecule has 0 bridgehead atoms. The van der Waals surface area contributed by atoms with Crippen LogP contribution in [0.2, 0.25) is 5.02 Å². The predicted molar refractivity (Wildman–Crippen MR) is 69.3 cm³/mol. The van der Waals surface area contributed by atoms with Gasteiger partial charge in [0.1, 0.15) is 22.9 Å². The van der Waals surface area contributed by atoms with Gasteiger partial charge in [0.05, 0.1) is 5.02 Å². The summed E-state index contributed by atoms with van der Waals surface area (Å²) in [6.45, 7) is 0. The maximum atomic E-state index is 13.0. The van der Waals surface area contributed by atoms with E-state index in [-0.39, 0.29) is 22.1 Å². The Morgan fingerprint density at radius 1 is 1.26 bits per heavy atom. The number of ether oxygens (including phenoxy) is 1. The van der Waals surface area contributed by atoms with E-state index in [2.05, 4.69) is 0 Å². The molecule has 0 heterocycles. The van der Waals surface area contributed by atoms with Crippen molar-refractivity contribution in [2.75, 3.05) is 5.73 Å². The van der Waals surface area contributed by atoms with Gasteiger partial charge in [0.15, 0.2) is 0 Å². The average molecular weight is 282 g/mol. The number of carbonyl (C=O) groups is 1. The highest BCUT2D eigenvalue weighted by Crippen LogP contribution is 2.30. The zero-order valence-corrected chi connectivity index (χ0v) is 10.3. The highest BCUT2D eigenvalue weighted by Gasteiger charge is 2.13. The molecular formula is C13H9ClFNO3. The number of halogens is 2. The molecule has 0 aliphatic carbocycles. The maximum absolute atomic E-state index is 13.0. The first-order valence-electron chi connectivity index (χ1n) is 5.23. The van der Waals surface area contributed by atoms with Gasteiger partial charge in [-0.15, -0.1) is 0 Å². The number of carboxylic acid groups (broad SMARTS) is 1. The van der Waals surface area contributed by atoms with Crippen molar-refractivity contribution in [3.63, 3.8) is 0 Å². The van der Waals surface area contributed by atoms with Crippen LogP contribution in [-0.4, -0.2) is 11.1 Å². The summed E-state index contributed by atoms with van der Waals surface area (Å²) in [7, 11) is 0. The van der Waals surface area contributed by atoms with Gasteiger partial charge in [-0.25, -0.2) is 9.18 Å². The van der Waals surface area contributed by atoms with Crippen LogP contribution in [-0.2, 0) is 0 Å². The SMILES string of the molecule is Nc1ccc(C(=O)O)c(Oc2ccc(F)c(Cl)c2)c1. The number of hydrogen-bond acceptors (Lipinski definition) is 3. The molecule has 0 fully saturated rings. The number of aromatic carboxylic acids is 1. The number of carboxylic acids is 1. The van der Waals surface area contributed by atoms with Gasteiger partial charge in [0.2, 0.25) is 0 Å². The molecule has 6 heteroatoms. The standard InChI is InChI=1S/C13H9ClFNO3/c14-10-6-8(2-4-11(10)15)19-12-5-7(16)1-3-9(12)13(17)18/h1-6H,16H2,(H,17,18). The number of nitrogen functional groups attached to an aromatic ring is 1. The van der Waals surface area contributed by atoms with Crippen LogP contribution in [0.25, 0.3) is 0 Å². The molecule has 2 aromatic rings. The fourth-order valence-corrected chi connectivity index (χ4v) is 1.64. The largest absolute Gasteiger partial charge is 0.478 e. The minimum Gasteiger partial charge on any atom is -0.478 e. The molecule has 0 saturated heterocycles. The van der Waals surface area contributed by atoms with E-state index >= 15 is 0 Å². The van der Waals surface area contributed by atoms with E-state index in [1.807, 2.05) is 0 Å². The van der Waals surface area contributed by atoms with Crippen molar-refractivity contribution in [2.45, 2.75) is 0 Å². The third-order valence-electron chi connectivity index (χ3n) is 2.35. The normalized spacial score (nSPS) is 10.2. The summed E-state index contributed by atoms with van der Waals surface area (Å²) in [5.41, 5.74) is 5.88. The lowest BCUT2D eigenvalue weighted by atomic mass is 10.2. The van der Waals surface area contributed by atoms with Gasteiger partial charge in [0.25, 0.3) is 0 Å². The quantitative estimate of drug-likeness (QED) is 0.844. The van der Waals surface area contributed by atoms with E-state index in [0.29, 0.717) is 5.69 Å². The van der Waals surface area contributed by atoms with Crippen molar-refractivity contribution in [1.82, 2.24) is 0 Å². The first-order valence-corrected chi connectivity index (χ1v) is 5.61. The molecule has 4 nitrogen and oxygen atoms in total. The minimum absolute atomic E-state index is 0.0466. The van der Waals surface area contributed by atoms with Crippen molar-refractivity contribution in [2.24, 2.45) is 0 Å². The maximum Gasteiger partial charge on any atom is 0.339 e. The number of benzene rings is 2. The van der Waals surface area contributed by atoms with Gasteiger partial charge in [0, 0.05) is 17.8 Å². The third kappa shape index (κ3) is 2.95. The Balaban J connectivity index is 2.39. The second kappa shape index (κ2) is 5.16. The second-order valence-electron chi connectivity index (χ2n) is 3.74. The van der Waals surface area contributed by atoms with E-state index in [0.717, 1.165) is 6.07 Å². The first kappa shape index (κ1) is 13.2. The summed E-state index contributed by atoms with van der Waals surface area (Å²) in [6, 6.07) is 7.89. The molecule has 0 amide bonds. The summed E-state index contributed by atoms with van der Waals surface area (Å²) in [4.78, 5) is 11.0. The molecular weight excluding hydrogens is 273 g/mol. The Kier molecular flexibility index (Phi) is 3.57. The summed E-state index contributed by atoms with van der Waals surface area (Å²) >= 11 is 5.62. The Labute approximate surface area is 113 Å². The van der Waals surface area contributed by atoms with Gasteiger partial charge in [-0.05, 0) is 24.3 Å². The van der Waals surface area contributed by atoms with E-state index in [1.54, 1.807) is 0 Å². The second-order valence-corrected chi connectivity index (χ2v) is 4.15. The highest BCUT2D eigenvalue weighted by molar-refractivity contribution is 6.30. The predicted octanol–water partition coefficient (Wildman–Crippen LogP) is 3.55. The van der Waals surface area contributed by atoms with Gasteiger partial charge in [-0.2, -0.15) is 0 Å². The van der Waals surface area contributed by atoms with Crippen molar-refractivity contribution < 1.29 is 19.0 Å². The van der Waals surface area contributed by atoms with Gasteiger partial charge >= 0.3 is 5.97 Å². The van der Waals surface area contributed by atoms with Gasteiger partial charge in [-0.1, -0.05) is 11.6 Å². The zero-order chi connectivity index (χ0) is 14.0. The number of hydrogen-bond donors (Lipinski definition) is 2. The van der Waals surface area contributed by atoms with Crippen LogP contribution in [0, 0.1) is 5.82 Å². The molecule has 3 N–H and O–H groups in total. The Morgan fingerprint density at radius 2 is 2.00 bits per heavy atom. The van der Waals surface area contributed by atoms with E-state index in [9.17, 15) is 9.18 Å². The monoisotopic (exact) mass is 281 g/mol. The van der Waals surface area contributed by atoms with Crippen molar-refractivity contribution in [3.8, 4) is 11.5 Å². The lowest BCUT2D eigenvalue weighted by molar-refractivity contribution is 0.0694. The Bertz CT molecular complexity index is 646. The third-order valence-corrected chi connectivity index (χ3v) is 2.64. The average Bonchev–Trinajstić information content (AvgIpc) is 2.33. The molecule has 0 atom stereocenters. The molecule has 0 radical (unpaired) electrons. The van der Waals surface area contributed by atoms with E-state index in [4.69, 9.17) is 27.2 Å². The zero-order valence-electron chi connectivity index (χ0n) is 9.56. The number of rotatable bonds is 3. The van der Waals surface area contributed by atoms with Gasteiger partial charge in [-0.3, -0.25) is 0 Å². The van der Waals surface area contributed by atoms with E-state index < -0.39 is 11.8 Å². The summed E-state index contributed by atoms with van der Waals surface area (Å²) in [5.74, 6) is -1.45. The van der Waals surface area contributed by atoms with E-state index in [1.165, 1.54) is 30.3 Å². The van der Waals surface area contributed by atoms with Crippen LogP contribution < -0.4 is 10.5 Å². The molecule has 0 spiro atoms. The molecule has 19 heavy (non-hydrogen) atoms. The van der Waals surface area contributed by atoms with Crippen LogP contribution in [0.1, 0.15) is 10.4 Å². The Morgan fingerprint density at radius 3 is 2.63 bits per heavy atom. The molecule has 0 aliphatic rings. The molecule has 2 aromatic carbocycles. The number of nitrogens with two attached hydrogens (primary N) is 1. The fourth-order valence-electron chi connectivity index (χ4n) is 1.47. The lowest BCUT2D eigenvalue weighted by Crippen LogP contribution is -2.01. The summed E-state index contributed by atoms with van der Waals surface area (Å²) in [6.07, 6.45) is 0. The smallest absolute Gasteiger partial charge is 0.339 e.